The predicted octanol–water partition coefficient (Wildman–Crippen LogP) is 1.95. The van der Waals surface area contributed by atoms with Gasteiger partial charge in [0, 0.05) is 17.8 Å². The lowest BCUT2D eigenvalue weighted by Crippen LogP contribution is -2.14. The lowest BCUT2D eigenvalue weighted by atomic mass is 10.1. The number of hydrogen-bond acceptors (Lipinski definition) is 4. The number of aliphatic hydroxyl groups is 1. The fourth-order valence-corrected chi connectivity index (χ4v) is 1.96. The molecule has 18 heavy (non-hydrogen) atoms. The quantitative estimate of drug-likeness (QED) is 0.783. The standard InChI is InChI=1S/C14H19NO3/c1-17-14-5-4-13(7-12(14)9-16)15-8-11-3-2-6-18-10-11/h3-5,7,15-16H,2,6,8-10H2,1H3. The van der Waals surface area contributed by atoms with Crippen molar-refractivity contribution in [2.45, 2.75) is 13.0 Å². The van der Waals surface area contributed by atoms with Gasteiger partial charge >= 0.3 is 0 Å². The van der Waals surface area contributed by atoms with Crippen molar-refractivity contribution in [1.82, 2.24) is 0 Å². The molecule has 2 N–H and O–H groups in total. The van der Waals surface area contributed by atoms with Gasteiger partial charge in [-0.25, -0.2) is 0 Å². The number of hydrogen-bond donors (Lipinski definition) is 2. The summed E-state index contributed by atoms with van der Waals surface area (Å²) >= 11 is 0. The van der Waals surface area contributed by atoms with Crippen LogP contribution in [0, 0.1) is 0 Å². The minimum absolute atomic E-state index is 0.0233. The summed E-state index contributed by atoms with van der Waals surface area (Å²) in [6.07, 6.45) is 3.20. The van der Waals surface area contributed by atoms with E-state index in [2.05, 4.69) is 11.4 Å². The maximum Gasteiger partial charge on any atom is 0.124 e. The summed E-state index contributed by atoms with van der Waals surface area (Å²) in [6.45, 7) is 2.28. The molecule has 4 nitrogen and oxygen atoms in total. The molecule has 4 heteroatoms. The summed E-state index contributed by atoms with van der Waals surface area (Å²) in [5.74, 6) is 0.711. The molecular weight excluding hydrogens is 230 g/mol. The summed E-state index contributed by atoms with van der Waals surface area (Å²) in [5, 5.41) is 12.6. The molecule has 1 aromatic rings. The average Bonchev–Trinajstić information content (AvgIpc) is 2.45. The molecule has 1 aliphatic rings. The number of nitrogens with one attached hydrogen (secondary N) is 1. The second-order valence-corrected chi connectivity index (χ2v) is 4.24. The second kappa shape index (κ2) is 6.42. The molecule has 2 rings (SSSR count). The van der Waals surface area contributed by atoms with Crippen LogP contribution >= 0.6 is 0 Å². The minimum atomic E-state index is -0.0233. The average molecular weight is 249 g/mol. The number of methoxy groups -OCH3 is 1. The monoisotopic (exact) mass is 249 g/mol. The zero-order valence-corrected chi connectivity index (χ0v) is 10.6. The van der Waals surface area contributed by atoms with Gasteiger partial charge in [-0.3, -0.25) is 0 Å². The maximum absolute atomic E-state index is 9.25. The van der Waals surface area contributed by atoms with E-state index in [4.69, 9.17) is 9.47 Å². The first kappa shape index (κ1) is 12.9. The number of aliphatic hydroxyl groups excluding tert-OH is 1. The minimum Gasteiger partial charge on any atom is -0.496 e. The van der Waals surface area contributed by atoms with Gasteiger partial charge in [-0.1, -0.05) is 6.08 Å². The highest BCUT2D eigenvalue weighted by atomic mass is 16.5. The third kappa shape index (κ3) is 3.24. The van der Waals surface area contributed by atoms with Gasteiger partial charge in [0.1, 0.15) is 5.75 Å². The molecule has 0 unspecified atom stereocenters. The molecular formula is C14H19NO3. The van der Waals surface area contributed by atoms with E-state index in [0.717, 1.165) is 30.8 Å². The van der Waals surface area contributed by atoms with Crippen LogP contribution in [0.25, 0.3) is 0 Å². The van der Waals surface area contributed by atoms with Crippen LogP contribution in [0.5, 0.6) is 5.75 Å². The predicted molar refractivity (Wildman–Crippen MR) is 70.9 cm³/mol. The van der Waals surface area contributed by atoms with Crippen LogP contribution in [-0.2, 0) is 11.3 Å². The van der Waals surface area contributed by atoms with Crippen molar-refractivity contribution >= 4 is 5.69 Å². The van der Waals surface area contributed by atoms with E-state index in [-0.39, 0.29) is 6.61 Å². The van der Waals surface area contributed by atoms with Gasteiger partial charge in [0.25, 0.3) is 0 Å². The molecule has 0 bridgehead atoms. The largest absolute Gasteiger partial charge is 0.496 e. The molecule has 0 aromatic heterocycles. The van der Waals surface area contributed by atoms with Crippen LogP contribution in [0.3, 0.4) is 0 Å². The molecule has 0 radical (unpaired) electrons. The van der Waals surface area contributed by atoms with E-state index in [0.29, 0.717) is 12.4 Å². The Kier molecular flexibility index (Phi) is 4.61. The normalized spacial score (nSPS) is 15.1. The van der Waals surface area contributed by atoms with Gasteiger partial charge in [-0.05, 0) is 30.2 Å². The Balaban J connectivity index is 1.98. The van der Waals surface area contributed by atoms with Gasteiger partial charge in [-0.15, -0.1) is 0 Å². The van der Waals surface area contributed by atoms with Crippen LogP contribution < -0.4 is 10.1 Å². The fourth-order valence-electron chi connectivity index (χ4n) is 1.96. The molecule has 1 heterocycles. The van der Waals surface area contributed by atoms with Gasteiger partial charge in [0.15, 0.2) is 0 Å². The smallest absolute Gasteiger partial charge is 0.124 e. The highest BCUT2D eigenvalue weighted by molar-refractivity contribution is 5.51. The molecule has 0 fully saturated rings. The molecule has 98 valence electrons. The molecule has 1 aromatic carbocycles. The molecule has 0 saturated heterocycles. The van der Waals surface area contributed by atoms with E-state index >= 15 is 0 Å². The first-order chi connectivity index (χ1) is 8.83. The van der Waals surface area contributed by atoms with Crippen LogP contribution in [0.4, 0.5) is 5.69 Å². The van der Waals surface area contributed by atoms with Crippen molar-refractivity contribution in [3.05, 3.63) is 35.4 Å². The fraction of sp³-hybridized carbons (Fsp3) is 0.429. The van der Waals surface area contributed by atoms with E-state index in [1.165, 1.54) is 5.57 Å². The van der Waals surface area contributed by atoms with Crippen molar-refractivity contribution in [2.75, 3.05) is 32.2 Å². The highest BCUT2D eigenvalue weighted by Crippen LogP contribution is 2.22. The van der Waals surface area contributed by atoms with Gasteiger partial charge in [0.05, 0.1) is 26.9 Å². The van der Waals surface area contributed by atoms with Crippen LogP contribution in [0.1, 0.15) is 12.0 Å². The first-order valence-corrected chi connectivity index (χ1v) is 6.11. The summed E-state index contributed by atoms with van der Waals surface area (Å²) in [5.41, 5.74) is 3.03. The molecule has 1 aliphatic heterocycles. The number of ether oxygens (including phenoxy) is 2. The molecule has 0 spiro atoms. The van der Waals surface area contributed by atoms with E-state index in [9.17, 15) is 5.11 Å². The van der Waals surface area contributed by atoms with Gasteiger partial charge in [-0.2, -0.15) is 0 Å². The Morgan fingerprint density at radius 3 is 3.00 bits per heavy atom. The lowest BCUT2D eigenvalue weighted by Gasteiger charge is -2.16. The van der Waals surface area contributed by atoms with Crippen molar-refractivity contribution < 1.29 is 14.6 Å². The Labute approximate surface area is 107 Å². The van der Waals surface area contributed by atoms with Gasteiger partial charge in [0.2, 0.25) is 0 Å². The number of rotatable bonds is 5. The Morgan fingerprint density at radius 1 is 1.44 bits per heavy atom. The third-order valence-electron chi connectivity index (χ3n) is 2.95. The molecule has 0 atom stereocenters. The zero-order chi connectivity index (χ0) is 12.8. The van der Waals surface area contributed by atoms with Crippen LogP contribution in [0.15, 0.2) is 29.8 Å². The third-order valence-corrected chi connectivity index (χ3v) is 2.95. The molecule has 0 amide bonds. The summed E-state index contributed by atoms with van der Waals surface area (Å²) in [6, 6.07) is 5.71. The van der Waals surface area contributed by atoms with Gasteiger partial charge < -0.3 is 19.9 Å². The topological polar surface area (TPSA) is 50.7 Å². The Morgan fingerprint density at radius 2 is 2.33 bits per heavy atom. The summed E-state index contributed by atoms with van der Waals surface area (Å²) in [4.78, 5) is 0. The Bertz CT molecular complexity index is 429. The molecule has 0 saturated carbocycles. The van der Waals surface area contributed by atoms with E-state index < -0.39 is 0 Å². The van der Waals surface area contributed by atoms with Crippen molar-refractivity contribution in [3.8, 4) is 5.75 Å². The molecule has 0 aliphatic carbocycles. The SMILES string of the molecule is COc1ccc(NCC2=CCCOC2)cc1CO. The summed E-state index contributed by atoms with van der Waals surface area (Å²) < 4.78 is 10.6. The Hall–Kier alpha value is -1.52. The first-order valence-electron chi connectivity index (χ1n) is 6.11. The maximum atomic E-state index is 9.25. The summed E-state index contributed by atoms with van der Waals surface area (Å²) in [7, 11) is 1.60. The lowest BCUT2D eigenvalue weighted by molar-refractivity contribution is 0.150. The zero-order valence-electron chi connectivity index (χ0n) is 10.6. The van der Waals surface area contributed by atoms with Crippen molar-refractivity contribution in [1.29, 1.82) is 0 Å². The van der Waals surface area contributed by atoms with Crippen molar-refractivity contribution in [2.24, 2.45) is 0 Å². The van der Waals surface area contributed by atoms with E-state index in [1.807, 2.05) is 18.2 Å². The number of benzene rings is 1. The van der Waals surface area contributed by atoms with Crippen molar-refractivity contribution in [3.63, 3.8) is 0 Å². The highest BCUT2D eigenvalue weighted by Gasteiger charge is 2.05. The van der Waals surface area contributed by atoms with Crippen LogP contribution in [0.2, 0.25) is 0 Å². The number of anilines is 1. The van der Waals surface area contributed by atoms with Crippen LogP contribution in [-0.4, -0.2) is 32.0 Å². The van der Waals surface area contributed by atoms with E-state index in [1.54, 1.807) is 7.11 Å². The second-order valence-electron chi connectivity index (χ2n) is 4.24.